The van der Waals surface area contributed by atoms with Gasteiger partial charge in [0.15, 0.2) is 0 Å². The van der Waals surface area contributed by atoms with E-state index in [1.807, 2.05) is 12.2 Å². The lowest BCUT2D eigenvalue weighted by molar-refractivity contribution is -0.117. The van der Waals surface area contributed by atoms with E-state index < -0.39 is 0 Å². The maximum atomic E-state index is 11.1. The minimum absolute atomic E-state index is 0.0428. The van der Waals surface area contributed by atoms with Crippen molar-refractivity contribution in [2.24, 2.45) is 5.92 Å². The van der Waals surface area contributed by atoms with Gasteiger partial charge >= 0.3 is 0 Å². The predicted molar refractivity (Wildman–Crippen MR) is 45.1 cm³/mol. The van der Waals surface area contributed by atoms with E-state index in [0.717, 1.165) is 12.0 Å². The van der Waals surface area contributed by atoms with E-state index in [1.54, 1.807) is 7.05 Å². The third kappa shape index (κ3) is 1.93. The van der Waals surface area contributed by atoms with Gasteiger partial charge in [-0.15, -0.1) is 0 Å². The van der Waals surface area contributed by atoms with Crippen LogP contribution in [0.3, 0.4) is 0 Å². The molecule has 0 spiro atoms. The highest BCUT2D eigenvalue weighted by Gasteiger charge is 2.11. The van der Waals surface area contributed by atoms with E-state index in [-0.39, 0.29) is 5.91 Å². The lowest BCUT2D eigenvalue weighted by Crippen LogP contribution is -2.21. The van der Waals surface area contributed by atoms with Gasteiger partial charge in [0, 0.05) is 12.6 Å². The van der Waals surface area contributed by atoms with Crippen LogP contribution in [0.5, 0.6) is 0 Å². The van der Waals surface area contributed by atoms with Crippen LogP contribution in [-0.4, -0.2) is 13.0 Å². The van der Waals surface area contributed by atoms with Crippen molar-refractivity contribution in [1.29, 1.82) is 0 Å². The van der Waals surface area contributed by atoms with Crippen LogP contribution in [0, 0.1) is 5.92 Å². The zero-order chi connectivity index (χ0) is 8.27. The smallest absolute Gasteiger partial charge is 0.246 e. The molecule has 0 aromatic carbocycles. The number of carbonyl (C=O) groups excluding carboxylic acids is 1. The molecule has 0 aliphatic heterocycles. The molecule has 2 heteroatoms. The summed E-state index contributed by atoms with van der Waals surface area (Å²) in [6.45, 7) is 2.10. The number of hydrogen-bond donors (Lipinski definition) is 1. The van der Waals surface area contributed by atoms with Gasteiger partial charge in [-0.05, 0) is 12.3 Å². The molecule has 1 atom stereocenters. The van der Waals surface area contributed by atoms with Crippen molar-refractivity contribution in [1.82, 2.24) is 5.32 Å². The Balaban J connectivity index is 2.66. The highest BCUT2D eigenvalue weighted by Crippen LogP contribution is 2.17. The van der Waals surface area contributed by atoms with Crippen molar-refractivity contribution in [2.45, 2.75) is 13.3 Å². The molecule has 0 aromatic heterocycles. The summed E-state index contributed by atoms with van der Waals surface area (Å²) in [5.74, 6) is 0.536. The normalized spacial score (nSPS) is 22.7. The molecule has 1 aliphatic carbocycles. The molecule has 1 N–H and O–H groups in total. The maximum Gasteiger partial charge on any atom is 0.246 e. The molecule has 0 fully saturated rings. The van der Waals surface area contributed by atoms with Crippen LogP contribution in [0.15, 0.2) is 23.8 Å². The molecular formula is C9H13NO. The first kappa shape index (κ1) is 8.05. The topological polar surface area (TPSA) is 29.1 Å². The third-order valence-corrected chi connectivity index (χ3v) is 1.80. The first-order valence-corrected chi connectivity index (χ1v) is 3.83. The van der Waals surface area contributed by atoms with Gasteiger partial charge in [0.2, 0.25) is 5.91 Å². The van der Waals surface area contributed by atoms with Crippen molar-refractivity contribution in [3.8, 4) is 0 Å². The second-order valence-electron chi connectivity index (χ2n) is 2.84. The quantitative estimate of drug-likeness (QED) is 0.600. The van der Waals surface area contributed by atoms with Gasteiger partial charge in [-0.2, -0.15) is 0 Å². The van der Waals surface area contributed by atoms with Crippen LogP contribution in [0.1, 0.15) is 13.3 Å². The molecule has 11 heavy (non-hydrogen) atoms. The molecule has 1 aliphatic rings. The largest absolute Gasteiger partial charge is 0.355 e. The Morgan fingerprint density at radius 3 is 3.00 bits per heavy atom. The van der Waals surface area contributed by atoms with Crippen LogP contribution in [0.25, 0.3) is 0 Å². The molecule has 0 aromatic rings. The fourth-order valence-electron chi connectivity index (χ4n) is 1.17. The molecule has 0 saturated heterocycles. The van der Waals surface area contributed by atoms with Gasteiger partial charge in [-0.25, -0.2) is 0 Å². The molecule has 0 radical (unpaired) electrons. The lowest BCUT2D eigenvalue weighted by Gasteiger charge is -2.12. The Morgan fingerprint density at radius 1 is 1.73 bits per heavy atom. The van der Waals surface area contributed by atoms with E-state index in [0.29, 0.717) is 5.92 Å². The van der Waals surface area contributed by atoms with E-state index in [1.165, 1.54) is 0 Å². The fraction of sp³-hybridized carbons (Fsp3) is 0.444. The highest BCUT2D eigenvalue weighted by atomic mass is 16.1. The van der Waals surface area contributed by atoms with Crippen molar-refractivity contribution < 1.29 is 4.79 Å². The molecular weight excluding hydrogens is 138 g/mol. The van der Waals surface area contributed by atoms with Crippen LogP contribution in [-0.2, 0) is 4.79 Å². The average molecular weight is 151 g/mol. The molecule has 1 amide bonds. The van der Waals surface area contributed by atoms with Gasteiger partial charge in [-0.3, -0.25) is 4.79 Å². The average Bonchev–Trinajstić information content (AvgIpc) is 2.03. The van der Waals surface area contributed by atoms with Crippen LogP contribution >= 0.6 is 0 Å². The van der Waals surface area contributed by atoms with E-state index in [4.69, 9.17) is 0 Å². The maximum absolute atomic E-state index is 11.1. The van der Waals surface area contributed by atoms with Gasteiger partial charge in [-0.1, -0.05) is 25.2 Å². The minimum atomic E-state index is 0.0428. The SMILES string of the molecule is CNC(=O)C1=CC=CC(C)C1. The van der Waals surface area contributed by atoms with E-state index in [2.05, 4.69) is 18.3 Å². The second kappa shape index (κ2) is 3.37. The van der Waals surface area contributed by atoms with Crippen molar-refractivity contribution in [3.63, 3.8) is 0 Å². The molecule has 1 rings (SSSR count). The number of nitrogens with one attached hydrogen (secondary N) is 1. The number of allylic oxidation sites excluding steroid dienone is 3. The van der Waals surface area contributed by atoms with Crippen molar-refractivity contribution >= 4 is 5.91 Å². The Labute approximate surface area is 67.0 Å². The summed E-state index contributed by atoms with van der Waals surface area (Å²) in [6.07, 6.45) is 6.78. The number of hydrogen-bond acceptors (Lipinski definition) is 1. The first-order valence-electron chi connectivity index (χ1n) is 3.83. The van der Waals surface area contributed by atoms with Crippen LogP contribution in [0.4, 0.5) is 0 Å². The highest BCUT2D eigenvalue weighted by molar-refractivity contribution is 5.93. The second-order valence-corrected chi connectivity index (χ2v) is 2.84. The summed E-state index contributed by atoms with van der Waals surface area (Å²) in [7, 11) is 1.66. The lowest BCUT2D eigenvalue weighted by atomic mass is 9.96. The molecule has 60 valence electrons. The molecule has 0 saturated carbocycles. The summed E-state index contributed by atoms with van der Waals surface area (Å²) < 4.78 is 0. The van der Waals surface area contributed by atoms with Crippen molar-refractivity contribution in [2.75, 3.05) is 7.05 Å². The Hall–Kier alpha value is -1.05. The third-order valence-electron chi connectivity index (χ3n) is 1.80. The van der Waals surface area contributed by atoms with Gasteiger partial charge in [0.05, 0.1) is 0 Å². The van der Waals surface area contributed by atoms with E-state index in [9.17, 15) is 4.79 Å². The molecule has 0 heterocycles. The predicted octanol–water partition coefficient (Wildman–Crippen LogP) is 1.25. The van der Waals surface area contributed by atoms with E-state index >= 15 is 0 Å². The zero-order valence-electron chi connectivity index (χ0n) is 6.92. The number of carbonyl (C=O) groups is 1. The molecule has 1 unspecified atom stereocenters. The standard InChI is InChI=1S/C9H13NO/c1-7-4-3-5-8(6-7)9(11)10-2/h3-5,7H,6H2,1-2H3,(H,10,11). The van der Waals surface area contributed by atoms with Gasteiger partial charge in [0.25, 0.3) is 0 Å². The van der Waals surface area contributed by atoms with Gasteiger partial charge in [0.1, 0.15) is 0 Å². The number of likely N-dealkylation sites (N-methyl/N-ethyl adjacent to an activating group) is 1. The van der Waals surface area contributed by atoms with Gasteiger partial charge < -0.3 is 5.32 Å². The minimum Gasteiger partial charge on any atom is -0.355 e. The van der Waals surface area contributed by atoms with Crippen LogP contribution in [0.2, 0.25) is 0 Å². The number of amides is 1. The summed E-state index contributed by atoms with van der Waals surface area (Å²) in [6, 6.07) is 0. The van der Waals surface area contributed by atoms with Crippen LogP contribution < -0.4 is 5.32 Å². The zero-order valence-corrected chi connectivity index (χ0v) is 6.92. The summed E-state index contributed by atoms with van der Waals surface area (Å²) in [5.41, 5.74) is 0.877. The summed E-state index contributed by atoms with van der Waals surface area (Å²) >= 11 is 0. The van der Waals surface area contributed by atoms with Crippen molar-refractivity contribution in [3.05, 3.63) is 23.8 Å². The monoisotopic (exact) mass is 151 g/mol. The Morgan fingerprint density at radius 2 is 2.45 bits per heavy atom. The Kier molecular flexibility index (Phi) is 2.47. The summed E-state index contributed by atoms with van der Waals surface area (Å²) in [4.78, 5) is 11.1. The molecule has 2 nitrogen and oxygen atoms in total. The molecule has 0 bridgehead atoms. The number of rotatable bonds is 1. The first-order chi connectivity index (χ1) is 5.24. The summed E-state index contributed by atoms with van der Waals surface area (Å²) in [5, 5.41) is 2.61. The fourth-order valence-corrected chi connectivity index (χ4v) is 1.17. The Bertz CT molecular complexity index is 216.